The molecule has 4 aromatic rings. The molecule has 0 aliphatic carbocycles. The summed E-state index contributed by atoms with van der Waals surface area (Å²) in [6, 6.07) is 24.9. The van der Waals surface area contributed by atoms with E-state index in [1.54, 1.807) is 63.8 Å². The zero-order valence-corrected chi connectivity index (χ0v) is 22.0. The second-order valence-electron chi connectivity index (χ2n) is 9.08. The third-order valence-electron chi connectivity index (χ3n) is 6.59. The Morgan fingerprint density at radius 3 is 1.95 bits per heavy atom. The van der Waals surface area contributed by atoms with Crippen LogP contribution in [-0.2, 0) is 23.4 Å². The van der Waals surface area contributed by atoms with Crippen LogP contribution in [0.5, 0.6) is 11.5 Å². The highest BCUT2D eigenvalue weighted by molar-refractivity contribution is 5.46. The van der Waals surface area contributed by atoms with E-state index in [0.29, 0.717) is 66.0 Å². The van der Waals surface area contributed by atoms with Gasteiger partial charge in [-0.05, 0) is 60.0 Å². The molecule has 0 amide bonds. The van der Waals surface area contributed by atoms with Crippen molar-refractivity contribution in [1.29, 1.82) is 0 Å². The lowest BCUT2D eigenvalue weighted by Crippen LogP contribution is -2.28. The topological polar surface area (TPSA) is 64.3 Å². The Morgan fingerprint density at radius 1 is 0.789 bits per heavy atom. The second kappa shape index (κ2) is 12.7. The maximum atomic E-state index is 14.4. The average Bonchev–Trinajstić information content (AvgIpc) is 3.43. The molecule has 0 saturated heterocycles. The van der Waals surface area contributed by atoms with E-state index in [2.05, 4.69) is 4.90 Å². The van der Waals surface area contributed by atoms with Crippen LogP contribution < -0.4 is 9.47 Å². The summed E-state index contributed by atoms with van der Waals surface area (Å²) in [6.07, 6.45) is 0.792. The van der Waals surface area contributed by atoms with Crippen molar-refractivity contribution in [2.24, 2.45) is 0 Å². The highest BCUT2D eigenvalue weighted by Crippen LogP contribution is 2.39. The molecule has 3 aromatic carbocycles. The highest BCUT2D eigenvalue weighted by atomic mass is 19.1. The lowest BCUT2D eigenvalue weighted by Gasteiger charge is -2.28. The van der Waals surface area contributed by atoms with Crippen LogP contribution in [0.25, 0.3) is 0 Å². The molecular formula is C31H34FNO5. The molecule has 0 atom stereocenters. The lowest BCUT2D eigenvalue weighted by molar-refractivity contribution is 0.0946. The van der Waals surface area contributed by atoms with E-state index in [9.17, 15) is 9.50 Å². The number of aliphatic hydroxyl groups is 1. The monoisotopic (exact) mass is 519 g/mol. The third-order valence-corrected chi connectivity index (χ3v) is 6.59. The van der Waals surface area contributed by atoms with Crippen molar-refractivity contribution in [3.63, 3.8) is 0 Å². The molecule has 1 N–H and O–H groups in total. The summed E-state index contributed by atoms with van der Waals surface area (Å²) < 4.78 is 36.5. The maximum Gasteiger partial charge on any atom is 0.173 e. The molecule has 0 unspecified atom stereocenters. The number of halogens is 1. The lowest BCUT2D eigenvalue weighted by atomic mass is 9.84. The second-order valence-corrected chi connectivity index (χ2v) is 9.08. The number of rotatable bonds is 13. The molecule has 0 spiro atoms. The Hall–Kier alpha value is -3.65. The normalized spacial score (nSPS) is 11.6. The number of benzene rings is 3. The fourth-order valence-corrected chi connectivity index (χ4v) is 4.51. The van der Waals surface area contributed by atoms with Gasteiger partial charge in [-0.25, -0.2) is 4.39 Å². The molecule has 0 radical (unpaired) electrons. The number of methoxy groups -OCH3 is 3. The Labute approximate surface area is 223 Å². The van der Waals surface area contributed by atoms with Gasteiger partial charge in [-0.15, -0.1) is 0 Å². The van der Waals surface area contributed by atoms with E-state index >= 15 is 0 Å². The van der Waals surface area contributed by atoms with Crippen molar-refractivity contribution >= 4 is 0 Å². The van der Waals surface area contributed by atoms with Gasteiger partial charge in [0.15, 0.2) is 5.60 Å². The molecule has 200 valence electrons. The largest absolute Gasteiger partial charge is 0.497 e. The van der Waals surface area contributed by atoms with Crippen molar-refractivity contribution < 1.29 is 28.1 Å². The van der Waals surface area contributed by atoms with Crippen LogP contribution in [0.15, 0.2) is 89.3 Å². The van der Waals surface area contributed by atoms with E-state index in [1.807, 2.05) is 36.4 Å². The maximum absolute atomic E-state index is 14.4. The van der Waals surface area contributed by atoms with Crippen LogP contribution >= 0.6 is 0 Å². The molecule has 6 nitrogen and oxygen atoms in total. The van der Waals surface area contributed by atoms with Crippen LogP contribution in [0.1, 0.15) is 34.6 Å². The van der Waals surface area contributed by atoms with Gasteiger partial charge in [-0.2, -0.15) is 0 Å². The van der Waals surface area contributed by atoms with E-state index in [4.69, 9.17) is 18.6 Å². The van der Waals surface area contributed by atoms with Crippen LogP contribution in [0, 0.1) is 5.82 Å². The van der Waals surface area contributed by atoms with E-state index < -0.39 is 5.60 Å². The fourth-order valence-electron chi connectivity index (χ4n) is 4.51. The van der Waals surface area contributed by atoms with Gasteiger partial charge in [0.25, 0.3) is 0 Å². The number of ether oxygens (including phenoxy) is 3. The van der Waals surface area contributed by atoms with Crippen LogP contribution in [0.4, 0.5) is 4.39 Å². The van der Waals surface area contributed by atoms with E-state index in [1.165, 1.54) is 6.07 Å². The summed E-state index contributed by atoms with van der Waals surface area (Å²) in [4.78, 5) is 2.11. The first kappa shape index (κ1) is 27.4. The first-order valence-electron chi connectivity index (χ1n) is 12.5. The Morgan fingerprint density at radius 2 is 1.39 bits per heavy atom. The van der Waals surface area contributed by atoms with Gasteiger partial charge >= 0.3 is 0 Å². The summed E-state index contributed by atoms with van der Waals surface area (Å²) in [5.74, 6) is 2.18. The van der Waals surface area contributed by atoms with Crippen molar-refractivity contribution in [1.82, 2.24) is 4.90 Å². The quantitative estimate of drug-likeness (QED) is 0.227. The SMILES string of the molecule is COCCCN(Cc1ccc(C(O)(c2ccc(OC)cc2)c2ccc(OC)cc2)o1)Cc1ccccc1F. The number of hydrogen-bond donors (Lipinski definition) is 1. The molecule has 38 heavy (non-hydrogen) atoms. The summed E-state index contributed by atoms with van der Waals surface area (Å²) in [6.45, 7) is 2.16. The van der Waals surface area contributed by atoms with Gasteiger partial charge in [0.1, 0.15) is 28.8 Å². The Kier molecular flexibility index (Phi) is 9.18. The minimum atomic E-state index is -1.55. The fraction of sp³-hybridized carbons (Fsp3) is 0.290. The molecule has 7 heteroatoms. The smallest absolute Gasteiger partial charge is 0.173 e. The predicted octanol–water partition coefficient (Wildman–Crippen LogP) is 5.76. The number of furan rings is 1. The Balaban J connectivity index is 1.65. The Bertz CT molecular complexity index is 1240. The predicted molar refractivity (Wildman–Crippen MR) is 144 cm³/mol. The van der Waals surface area contributed by atoms with E-state index in [0.717, 1.165) is 6.42 Å². The zero-order valence-electron chi connectivity index (χ0n) is 22.0. The first-order chi connectivity index (χ1) is 18.5. The highest BCUT2D eigenvalue weighted by Gasteiger charge is 2.37. The third kappa shape index (κ3) is 6.25. The standard InChI is InChI=1S/C31H34FNO5/c1-35-20-6-19-33(21-23-7-4-5-8-29(23)32)22-28-17-18-30(38-28)31(34,24-9-13-26(36-2)14-10-24)25-11-15-27(37-3)16-12-25/h4-5,7-18,34H,6,19-22H2,1-3H3. The van der Waals surface area contributed by atoms with Crippen LogP contribution in [0.3, 0.4) is 0 Å². The molecule has 1 aromatic heterocycles. The van der Waals surface area contributed by atoms with Gasteiger partial charge < -0.3 is 23.7 Å². The first-order valence-corrected chi connectivity index (χ1v) is 12.5. The number of nitrogens with zero attached hydrogens (tertiary/aromatic N) is 1. The van der Waals surface area contributed by atoms with Gasteiger partial charge in [-0.1, -0.05) is 42.5 Å². The van der Waals surface area contributed by atoms with Crippen LogP contribution in [-0.4, -0.2) is 44.5 Å². The van der Waals surface area contributed by atoms with Gasteiger partial charge in [0.2, 0.25) is 0 Å². The van der Waals surface area contributed by atoms with Crippen molar-refractivity contribution in [3.8, 4) is 11.5 Å². The zero-order chi connectivity index (χ0) is 27.0. The van der Waals surface area contributed by atoms with Gasteiger partial charge in [0, 0.05) is 32.4 Å². The van der Waals surface area contributed by atoms with Gasteiger partial charge in [0.05, 0.1) is 20.8 Å². The van der Waals surface area contributed by atoms with Crippen molar-refractivity contribution in [2.75, 3.05) is 34.5 Å². The molecule has 0 fully saturated rings. The molecule has 0 bridgehead atoms. The molecule has 4 rings (SSSR count). The molecule has 0 aliphatic heterocycles. The van der Waals surface area contributed by atoms with Gasteiger partial charge in [-0.3, -0.25) is 4.90 Å². The summed E-state index contributed by atoms with van der Waals surface area (Å²) in [5, 5.41) is 12.2. The van der Waals surface area contributed by atoms with E-state index in [-0.39, 0.29) is 5.82 Å². The summed E-state index contributed by atoms with van der Waals surface area (Å²) in [7, 11) is 4.87. The van der Waals surface area contributed by atoms with Crippen molar-refractivity contribution in [3.05, 3.63) is 119 Å². The minimum Gasteiger partial charge on any atom is -0.497 e. The number of hydrogen-bond acceptors (Lipinski definition) is 6. The molecule has 1 heterocycles. The van der Waals surface area contributed by atoms with Crippen LogP contribution in [0.2, 0.25) is 0 Å². The molecule has 0 saturated carbocycles. The summed E-state index contributed by atoms with van der Waals surface area (Å²) in [5.41, 5.74) is 0.327. The molecule has 0 aliphatic rings. The molecular weight excluding hydrogens is 485 g/mol. The summed E-state index contributed by atoms with van der Waals surface area (Å²) >= 11 is 0. The average molecular weight is 520 g/mol. The minimum absolute atomic E-state index is 0.238. The van der Waals surface area contributed by atoms with Crippen molar-refractivity contribution in [2.45, 2.75) is 25.1 Å².